The number of halogens is 3. The van der Waals surface area contributed by atoms with Gasteiger partial charge in [-0.1, -0.05) is 32.0 Å². The Labute approximate surface area is 122 Å². The summed E-state index contributed by atoms with van der Waals surface area (Å²) in [5.74, 6) is 0.554. The quantitative estimate of drug-likeness (QED) is 0.720. The van der Waals surface area contributed by atoms with Gasteiger partial charge in [0, 0.05) is 17.4 Å². The minimum absolute atomic E-state index is 0.0454. The number of para-hydroxylation sites is 1. The number of ether oxygens (including phenoxy) is 1. The molecule has 6 heteroatoms. The number of rotatable bonds is 8. The molecule has 1 aromatic carbocycles. The van der Waals surface area contributed by atoms with Crippen LogP contribution in [0.1, 0.15) is 31.9 Å². The molecule has 1 aromatic rings. The summed E-state index contributed by atoms with van der Waals surface area (Å²) in [5.41, 5.74) is -3.20. The van der Waals surface area contributed by atoms with Crippen LogP contribution in [-0.4, -0.2) is 24.4 Å². The van der Waals surface area contributed by atoms with Crippen LogP contribution in [0.15, 0.2) is 24.3 Å². The summed E-state index contributed by atoms with van der Waals surface area (Å²) in [4.78, 5) is 0. The predicted molar refractivity (Wildman–Crippen MR) is 77.2 cm³/mol. The zero-order chi connectivity index (χ0) is 15.0. The maximum Gasteiger partial charge on any atom is 0.441 e. The van der Waals surface area contributed by atoms with Gasteiger partial charge in [-0.25, -0.2) is 0 Å². The largest absolute Gasteiger partial charge is 0.492 e. The van der Waals surface area contributed by atoms with Gasteiger partial charge in [-0.15, -0.1) is 0 Å². The highest BCUT2D eigenvalue weighted by Crippen LogP contribution is 2.31. The van der Waals surface area contributed by atoms with Crippen molar-refractivity contribution in [2.45, 2.75) is 31.8 Å². The standard InChI is InChI=1S/C14H20F3NOS/c1-3-12(18-4-2)11-7-5-6-8-13(11)19-9-10-20-14(15,16)17/h5-8,12,18H,3-4,9-10H2,1-2H3. The van der Waals surface area contributed by atoms with Crippen LogP contribution in [0.5, 0.6) is 5.75 Å². The first-order chi connectivity index (χ1) is 9.48. The van der Waals surface area contributed by atoms with E-state index in [1.165, 1.54) is 0 Å². The molecular weight excluding hydrogens is 287 g/mol. The van der Waals surface area contributed by atoms with Crippen LogP contribution in [0.2, 0.25) is 0 Å². The van der Waals surface area contributed by atoms with E-state index >= 15 is 0 Å². The van der Waals surface area contributed by atoms with Crippen LogP contribution in [0, 0.1) is 0 Å². The smallest absolute Gasteiger partial charge is 0.441 e. The predicted octanol–water partition coefficient (Wildman–Crippen LogP) is 4.38. The van der Waals surface area contributed by atoms with Gasteiger partial charge in [0.1, 0.15) is 5.75 Å². The molecule has 0 radical (unpaired) electrons. The van der Waals surface area contributed by atoms with Gasteiger partial charge in [0.2, 0.25) is 0 Å². The summed E-state index contributed by atoms with van der Waals surface area (Å²) in [6.45, 7) is 4.95. The van der Waals surface area contributed by atoms with Crippen molar-refractivity contribution in [2.75, 3.05) is 18.9 Å². The third kappa shape index (κ3) is 6.05. The van der Waals surface area contributed by atoms with Gasteiger partial charge in [-0.2, -0.15) is 13.2 Å². The fraction of sp³-hybridized carbons (Fsp3) is 0.571. The van der Waals surface area contributed by atoms with E-state index < -0.39 is 5.51 Å². The normalized spacial score (nSPS) is 13.2. The van der Waals surface area contributed by atoms with Crippen LogP contribution < -0.4 is 10.1 Å². The molecule has 0 aliphatic heterocycles. The second-order valence-electron chi connectivity index (χ2n) is 4.20. The van der Waals surface area contributed by atoms with E-state index in [0.717, 1.165) is 18.5 Å². The van der Waals surface area contributed by atoms with Crippen molar-refractivity contribution >= 4 is 11.8 Å². The molecule has 1 atom stereocenters. The van der Waals surface area contributed by atoms with E-state index in [1.54, 1.807) is 6.07 Å². The zero-order valence-electron chi connectivity index (χ0n) is 11.7. The van der Waals surface area contributed by atoms with Crippen LogP contribution in [0.25, 0.3) is 0 Å². The van der Waals surface area contributed by atoms with Crippen molar-refractivity contribution < 1.29 is 17.9 Å². The van der Waals surface area contributed by atoms with Crippen molar-refractivity contribution in [3.05, 3.63) is 29.8 Å². The molecule has 1 rings (SSSR count). The molecule has 114 valence electrons. The average Bonchev–Trinajstić information content (AvgIpc) is 2.40. The first-order valence-electron chi connectivity index (χ1n) is 6.63. The van der Waals surface area contributed by atoms with E-state index in [2.05, 4.69) is 12.2 Å². The van der Waals surface area contributed by atoms with E-state index in [1.807, 2.05) is 25.1 Å². The number of alkyl halides is 3. The van der Waals surface area contributed by atoms with Gasteiger partial charge in [0.05, 0.1) is 6.61 Å². The van der Waals surface area contributed by atoms with E-state index in [-0.39, 0.29) is 30.2 Å². The number of thioether (sulfide) groups is 1. The van der Waals surface area contributed by atoms with Gasteiger partial charge in [-0.05, 0) is 30.8 Å². The number of benzene rings is 1. The lowest BCUT2D eigenvalue weighted by molar-refractivity contribution is -0.0329. The molecule has 1 unspecified atom stereocenters. The Morgan fingerprint density at radius 1 is 1.25 bits per heavy atom. The Balaban J connectivity index is 2.61. The number of nitrogens with one attached hydrogen (secondary N) is 1. The van der Waals surface area contributed by atoms with Gasteiger partial charge < -0.3 is 10.1 Å². The second-order valence-corrected chi connectivity index (χ2v) is 5.36. The van der Waals surface area contributed by atoms with Crippen molar-refractivity contribution in [1.82, 2.24) is 5.32 Å². The molecule has 0 fully saturated rings. The highest BCUT2D eigenvalue weighted by atomic mass is 32.2. The molecule has 0 spiro atoms. The lowest BCUT2D eigenvalue weighted by Crippen LogP contribution is -2.21. The highest BCUT2D eigenvalue weighted by Gasteiger charge is 2.27. The lowest BCUT2D eigenvalue weighted by atomic mass is 10.0. The van der Waals surface area contributed by atoms with E-state index in [9.17, 15) is 13.2 Å². The zero-order valence-corrected chi connectivity index (χ0v) is 12.5. The van der Waals surface area contributed by atoms with Crippen molar-refractivity contribution in [3.8, 4) is 5.75 Å². The highest BCUT2D eigenvalue weighted by molar-refractivity contribution is 8.00. The van der Waals surface area contributed by atoms with E-state index in [4.69, 9.17) is 4.74 Å². The lowest BCUT2D eigenvalue weighted by Gasteiger charge is -2.20. The summed E-state index contributed by atoms with van der Waals surface area (Å²) >= 11 is -0.0575. The molecule has 0 amide bonds. The molecule has 2 nitrogen and oxygen atoms in total. The first-order valence-corrected chi connectivity index (χ1v) is 7.62. The monoisotopic (exact) mass is 307 g/mol. The molecular formula is C14H20F3NOS. The third-order valence-electron chi connectivity index (χ3n) is 2.76. The minimum Gasteiger partial charge on any atom is -0.492 e. The fourth-order valence-corrected chi connectivity index (χ4v) is 2.33. The maximum atomic E-state index is 12.0. The van der Waals surface area contributed by atoms with Crippen molar-refractivity contribution in [2.24, 2.45) is 0 Å². The number of hydrogen-bond acceptors (Lipinski definition) is 3. The average molecular weight is 307 g/mol. The summed E-state index contributed by atoms with van der Waals surface area (Å²) < 4.78 is 41.6. The topological polar surface area (TPSA) is 21.3 Å². The second kappa shape index (κ2) is 8.42. The van der Waals surface area contributed by atoms with Gasteiger partial charge in [0.15, 0.2) is 0 Å². The molecule has 0 saturated heterocycles. The van der Waals surface area contributed by atoms with Crippen LogP contribution in [-0.2, 0) is 0 Å². The Morgan fingerprint density at radius 3 is 2.55 bits per heavy atom. The summed E-state index contributed by atoms with van der Waals surface area (Å²) in [5, 5.41) is 3.34. The molecule has 1 N–H and O–H groups in total. The maximum absolute atomic E-state index is 12.0. The van der Waals surface area contributed by atoms with Gasteiger partial charge in [-0.3, -0.25) is 0 Å². The van der Waals surface area contributed by atoms with Gasteiger partial charge in [0.25, 0.3) is 0 Å². The van der Waals surface area contributed by atoms with Crippen LogP contribution in [0.4, 0.5) is 13.2 Å². The summed E-state index contributed by atoms with van der Waals surface area (Å²) in [7, 11) is 0. The third-order valence-corrected chi connectivity index (χ3v) is 3.46. The Morgan fingerprint density at radius 2 is 1.95 bits per heavy atom. The minimum atomic E-state index is -4.20. The van der Waals surface area contributed by atoms with E-state index in [0.29, 0.717) is 5.75 Å². The summed E-state index contributed by atoms with van der Waals surface area (Å²) in [6.07, 6.45) is 0.894. The Bertz CT molecular complexity index is 398. The van der Waals surface area contributed by atoms with Crippen LogP contribution in [0.3, 0.4) is 0 Å². The fourth-order valence-electron chi connectivity index (χ4n) is 1.93. The summed E-state index contributed by atoms with van der Waals surface area (Å²) in [6, 6.07) is 7.64. The SMILES string of the molecule is CCNC(CC)c1ccccc1OCCSC(F)(F)F. The molecule has 0 heterocycles. The van der Waals surface area contributed by atoms with Crippen LogP contribution >= 0.6 is 11.8 Å². The Kier molecular flexibility index (Phi) is 7.23. The van der Waals surface area contributed by atoms with Crippen molar-refractivity contribution in [3.63, 3.8) is 0 Å². The molecule has 0 aliphatic rings. The molecule has 0 aliphatic carbocycles. The first kappa shape index (κ1) is 17.2. The molecule has 20 heavy (non-hydrogen) atoms. The molecule has 0 saturated carbocycles. The number of hydrogen-bond donors (Lipinski definition) is 1. The Hall–Kier alpha value is -0.880. The van der Waals surface area contributed by atoms with Crippen molar-refractivity contribution in [1.29, 1.82) is 0 Å². The molecule has 0 aromatic heterocycles. The molecule has 0 bridgehead atoms. The van der Waals surface area contributed by atoms with Gasteiger partial charge >= 0.3 is 5.51 Å².